The molecule has 0 spiro atoms. The largest absolute Gasteiger partial charge is 0.500 e. The van der Waals surface area contributed by atoms with Crippen molar-refractivity contribution in [2.75, 3.05) is 21.3 Å². The van der Waals surface area contributed by atoms with Gasteiger partial charge in [0.15, 0.2) is 5.78 Å². The Hall–Kier alpha value is -3.27. The molecule has 0 radical (unpaired) electrons. The van der Waals surface area contributed by atoms with Gasteiger partial charge in [-0.15, -0.1) is 0 Å². The zero-order valence-corrected chi connectivity index (χ0v) is 19.6. The molecule has 1 aliphatic carbocycles. The van der Waals surface area contributed by atoms with E-state index in [0.29, 0.717) is 47.4 Å². The highest BCUT2D eigenvalue weighted by Crippen LogP contribution is 2.42. The number of hydrogen-bond acceptors (Lipinski definition) is 7. The Labute approximate surface area is 199 Å². The third kappa shape index (κ3) is 5.44. The van der Waals surface area contributed by atoms with E-state index in [2.05, 4.69) is 10.1 Å². The number of ether oxygens (including phenoxy) is 3. The van der Waals surface area contributed by atoms with Crippen molar-refractivity contribution in [1.82, 2.24) is 4.98 Å². The number of allylic oxidation sites excluding steroid dienone is 2. The zero-order chi connectivity index (χ0) is 25.0. The summed E-state index contributed by atoms with van der Waals surface area (Å²) in [5.74, 6) is 0.281. The Kier molecular flexibility index (Phi) is 7.71. The summed E-state index contributed by atoms with van der Waals surface area (Å²) in [6.07, 6.45) is -3.21. The normalized spacial score (nSPS) is 16.6. The van der Waals surface area contributed by atoms with Crippen LogP contribution in [0.4, 0.5) is 13.2 Å². The van der Waals surface area contributed by atoms with Crippen LogP contribution in [0.1, 0.15) is 30.9 Å². The van der Waals surface area contributed by atoms with Crippen LogP contribution >= 0.6 is 11.6 Å². The molecule has 34 heavy (non-hydrogen) atoms. The quantitative estimate of drug-likeness (QED) is 0.332. The highest BCUT2D eigenvalue weighted by molar-refractivity contribution is 6.32. The molecule has 1 aromatic carbocycles. The first kappa shape index (κ1) is 25.4. The number of nitrogens with zero attached hydrogens (tertiary/aromatic N) is 2. The molecular weight excluding hydrogens is 477 g/mol. The lowest BCUT2D eigenvalue weighted by atomic mass is 9.94. The summed E-state index contributed by atoms with van der Waals surface area (Å²) in [7, 11) is 4.35. The van der Waals surface area contributed by atoms with Crippen molar-refractivity contribution in [3.63, 3.8) is 0 Å². The average molecular weight is 499 g/mol. The van der Waals surface area contributed by atoms with E-state index in [0.717, 1.165) is 6.07 Å². The van der Waals surface area contributed by atoms with Crippen LogP contribution in [0.25, 0.3) is 5.57 Å². The SMILES string of the molecule is CON=C(C)CC1CC(OC)=C(c2cc(Oc3ncc(C(F)(F)F)cc3Cl)ccc2OC)C1=O. The number of Topliss-reactive ketones (excluding diaryl/α,β-unsaturated/α-hetero) is 1. The molecule has 0 bridgehead atoms. The van der Waals surface area contributed by atoms with E-state index in [4.69, 9.17) is 30.6 Å². The summed E-state index contributed by atoms with van der Waals surface area (Å²) in [6, 6.07) is 5.35. The number of carbonyl (C=O) groups is 1. The second-order valence-electron chi connectivity index (χ2n) is 7.45. The zero-order valence-electron chi connectivity index (χ0n) is 18.8. The van der Waals surface area contributed by atoms with Gasteiger partial charge in [-0.1, -0.05) is 16.8 Å². The first-order valence-corrected chi connectivity index (χ1v) is 10.4. The predicted octanol–water partition coefficient (Wildman–Crippen LogP) is 5.91. The lowest BCUT2D eigenvalue weighted by molar-refractivity contribution is -0.137. The van der Waals surface area contributed by atoms with E-state index < -0.39 is 17.7 Å². The summed E-state index contributed by atoms with van der Waals surface area (Å²) in [6.45, 7) is 1.76. The van der Waals surface area contributed by atoms with Crippen LogP contribution in [-0.4, -0.2) is 37.8 Å². The smallest absolute Gasteiger partial charge is 0.417 e. The molecule has 0 saturated heterocycles. The molecule has 1 aliphatic rings. The van der Waals surface area contributed by atoms with Crippen LogP contribution in [-0.2, 0) is 20.5 Å². The number of pyridine rings is 1. The molecule has 0 amide bonds. The lowest BCUT2D eigenvalue weighted by Crippen LogP contribution is -2.14. The number of alkyl halides is 3. The van der Waals surface area contributed by atoms with E-state index in [1.165, 1.54) is 33.5 Å². The third-order valence-corrected chi connectivity index (χ3v) is 5.42. The Bertz CT molecular complexity index is 1150. The molecule has 1 heterocycles. The fraction of sp³-hybridized carbons (Fsp3) is 0.348. The van der Waals surface area contributed by atoms with Crippen LogP contribution in [0.15, 0.2) is 41.4 Å². The first-order chi connectivity index (χ1) is 16.1. The van der Waals surface area contributed by atoms with Gasteiger partial charge in [-0.2, -0.15) is 13.2 Å². The molecule has 2 aromatic rings. The summed E-state index contributed by atoms with van der Waals surface area (Å²) in [4.78, 5) is 21.7. The van der Waals surface area contributed by atoms with Gasteiger partial charge in [0.05, 0.1) is 31.1 Å². The van der Waals surface area contributed by atoms with Crippen LogP contribution in [0.2, 0.25) is 5.02 Å². The van der Waals surface area contributed by atoms with Gasteiger partial charge in [0.25, 0.3) is 0 Å². The Balaban J connectivity index is 1.95. The number of hydrogen-bond donors (Lipinski definition) is 0. The Morgan fingerprint density at radius 1 is 1.21 bits per heavy atom. The van der Waals surface area contributed by atoms with Gasteiger partial charge in [-0.05, 0) is 37.6 Å². The number of methoxy groups -OCH3 is 2. The average Bonchev–Trinajstić information content (AvgIpc) is 3.09. The summed E-state index contributed by atoms with van der Waals surface area (Å²) >= 11 is 5.96. The van der Waals surface area contributed by atoms with Gasteiger partial charge in [-0.3, -0.25) is 4.79 Å². The van der Waals surface area contributed by atoms with E-state index in [1.807, 2.05) is 0 Å². The van der Waals surface area contributed by atoms with Gasteiger partial charge in [0, 0.05) is 24.1 Å². The Morgan fingerprint density at radius 2 is 1.94 bits per heavy atom. The molecule has 0 N–H and O–H groups in total. The van der Waals surface area contributed by atoms with E-state index in [9.17, 15) is 18.0 Å². The number of ketones is 1. The topological polar surface area (TPSA) is 79.2 Å². The van der Waals surface area contributed by atoms with Crippen LogP contribution in [0.5, 0.6) is 17.4 Å². The summed E-state index contributed by atoms with van der Waals surface area (Å²) < 4.78 is 55.2. The molecule has 3 rings (SSSR count). The number of oxime groups is 1. The highest BCUT2D eigenvalue weighted by Gasteiger charge is 2.37. The second kappa shape index (κ2) is 10.3. The van der Waals surface area contributed by atoms with Crippen molar-refractivity contribution in [1.29, 1.82) is 0 Å². The maximum atomic E-state index is 13.3. The van der Waals surface area contributed by atoms with Gasteiger partial charge in [-0.25, -0.2) is 4.98 Å². The molecule has 1 atom stereocenters. The van der Waals surface area contributed by atoms with E-state index in [-0.39, 0.29) is 22.4 Å². The van der Waals surface area contributed by atoms with Crippen LogP contribution < -0.4 is 9.47 Å². The monoisotopic (exact) mass is 498 g/mol. The minimum atomic E-state index is -4.59. The first-order valence-electron chi connectivity index (χ1n) is 10.1. The van der Waals surface area contributed by atoms with Gasteiger partial charge >= 0.3 is 6.18 Å². The molecule has 11 heteroatoms. The molecule has 7 nitrogen and oxygen atoms in total. The molecule has 1 unspecified atom stereocenters. The third-order valence-electron chi connectivity index (χ3n) is 5.15. The minimum absolute atomic E-state index is 0.163. The molecule has 0 aliphatic heterocycles. The number of rotatable bonds is 8. The summed E-state index contributed by atoms with van der Waals surface area (Å²) in [5, 5.41) is 3.55. The number of benzene rings is 1. The molecule has 0 fully saturated rings. The standard InChI is InChI=1S/C23H22ClF3N2O5/c1-12(29-33-4)7-13-8-19(32-3)20(21(13)30)16-10-15(5-6-18(16)31-2)34-22-17(24)9-14(11-28-22)23(25,26)27/h5-6,9-11,13H,7-8H2,1-4H3. The summed E-state index contributed by atoms with van der Waals surface area (Å²) in [5.41, 5.74) is 0.398. The van der Waals surface area contributed by atoms with Gasteiger partial charge in [0.1, 0.15) is 29.4 Å². The predicted molar refractivity (Wildman–Crippen MR) is 119 cm³/mol. The van der Waals surface area contributed by atoms with Crippen LogP contribution in [0, 0.1) is 5.92 Å². The van der Waals surface area contributed by atoms with Crippen molar-refractivity contribution in [2.45, 2.75) is 25.9 Å². The minimum Gasteiger partial charge on any atom is -0.500 e. The van der Waals surface area contributed by atoms with Crippen molar-refractivity contribution in [3.8, 4) is 17.4 Å². The number of aromatic nitrogens is 1. The highest BCUT2D eigenvalue weighted by atomic mass is 35.5. The molecule has 0 saturated carbocycles. The van der Waals surface area contributed by atoms with Crippen LogP contribution in [0.3, 0.4) is 0 Å². The maximum absolute atomic E-state index is 13.3. The van der Waals surface area contributed by atoms with Crippen molar-refractivity contribution < 1.29 is 37.0 Å². The number of carbonyl (C=O) groups excluding carboxylic acids is 1. The Morgan fingerprint density at radius 3 is 2.53 bits per heavy atom. The van der Waals surface area contributed by atoms with Gasteiger partial charge in [0.2, 0.25) is 5.88 Å². The number of halogens is 4. The molecule has 182 valence electrons. The van der Waals surface area contributed by atoms with Crippen molar-refractivity contribution in [3.05, 3.63) is 52.4 Å². The second-order valence-corrected chi connectivity index (χ2v) is 7.86. The fourth-order valence-electron chi connectivity index (χ4n) is 3.66. The van der Waals surface area contributed by atoms with Crippen molar-refractivity contribution in [2.24, 2.45) is 11.1 Å². The fourth-order valence-corrected chi connectivity index (χ4v) is 3.86. The lowest BCUT2D eigenvalue weighted by Gasteiger charge is -2.14. The molecular formula is C23H22ClF3N2O5. The van der Waals surface area contributed by atoms with Gasteiger partial charge < -0.3 is 19.0 Å². The molecule has 1 aromatic heterocycles. The maximum Gasteiger partial charge on any atom is 0.417 e. The van der Waals surface area contributed by atoms with E-state index in [1.54, 1.807) is 13.0 Å². The van der Waals surface area contributed by atoms with Crippen molar-refractivity contribution >= 4 is 28.7 Å². The van der Waals surface area contributed by atoms with E-state index >= 15 is 0 Å².